The fraction of sp³-hybridized carbons (Fsp3) is 0.611. The molecule has 0 saturated heterocycles. The van der Waals surface area contributed by atoms with Gasteiger partial charge in [0.15, 0.2) is 0 Å². The number of anilines is 1. The lowest BCUT2D eigenvalue weighted by molar-refractivity contribution is 0.470. The number of nitrogens with one attached hydrogen (secondary N) is 1. The molecule has 0 bridgehead atoms. The van der Waals surface area contributed by atoms with Gasteiger partial charge in [-0.1, -0.05) is 26.8 Å². The molecule has 0 aliphatic carbocycles. The van der Waals surface area contributed by atoms with Crippen molar-refractivity contribution in [3.8, 4) is 6.07 Å². The predicted octanol–water partition coefficient (Wildman–Crippen LogP) is 3.93. The zero-order chi connectivity index (χ0) is 16.0. The van der Waals surface area contributed by atoms with Crippen LogP contribution in [-0.4, -0.2) is 19.1 Å². The van der Waals surface area contributed by atoms with E-state index in [-0.39, 0.29) is 5.54 Å². The van der Waals surface area contributed by atoms with E-state index in [0.717, 1.165) is 30.8 Å². The number of hydrogen-bond donors (Lipinski definition) is 1. The van der Waals surface area contributed by atoms with Crippen LogP contribution in [0.4, 0.5) is 5.69 Å². The summed E-state index contributed by atoms with van der Waals surface area (Å²) in [4.78, 5) is 2.21. The van der Waals surface area contributed by atoms with Gasteiger partial charge in [-0.05, 0) is 50.4 Å². The number of rotatable bonds is 7. The average molecular weight is 287 g/mol. The van der Waals surface area contributed by atoms with Gasteiger partial charge >= 0.3 is 0 Å². The maximum atomic E-state index is 9.45. The molecular weight excluding hydrogens is 258 g/mol. The third-order valence-electron chi connectivity index (χ3n) is 4.20. The number of nitriles is 1. The normalized spacial score (nSPS) is 11.5. The maximum absolute atomic E-state index is 9.45. The van der Waals surface area contributed by atoms with Crippen LogP contribution in [0.5, 0.6) is 0 Å². The number of hydrogen-bond acceptors (Lipinski definition) is 3. The summed E-state index contributed by atoms with van der Waals surface area (Å²) < 4.78 is 0. The number of nitrogens with zero attached hydrogens (tertiary/aromatic N) is 2. The quantitative estimate of drug-likeness (QED) is 0.826. The molecule has 0 heterocycles. The number of benzene rings is 1. The van der Waals surface area contributed by atoms with E-state index in [0.29, 0.717) is 5.92 Å². The van der Waals surface area contributed by atoms with Crippen molar-refractivity contribution in [3.63, 3.8) is 0 Å². The maximum Gasteiger partial charge on any atom is 0.101 e. The minimum Gasteiger partial charge on any atom is -0.368 e. The molecule has 1 aromatic rings. The molecular formula is C18H29N3. The van der Waals surface area contributed by atoms with Crippen molar-refractivity contribution in [2.75, 3.05) is 18.5 Å². The standard InChI is InChI=1S/C18H29N3/c1-7-18(4,5)21(6)17-9-8-15(10-16(17)11-19)13-20-12-14(2)3/h8-10,14,20H,7,12-13H2,1-6H3. The van der Waals surface area contributed by atoms with Crippen molar-refractivity contribution in [2.24, 2.45) is 5.92 Å². The van der Waals surface area contributed by atoms with Gasteiger partial charge in [-0.15, -0.1) is 0 Å². The molecule has 1 N–H and O–H groups in total. The zero-order valence-corrected chi connectivity index (χ0v) is 14.3. The average Bonchev–Trinajstić information content (AvgIpc) is 2.45. The molecule has 0 amide bonds. The third kappa shape index (κ3) is 4.75. The molecule has 0 atom stereocenters. The molecule has 1 rings (SSSR count). The Hall–Kier alpha value is -1.53. The first-order valence-electron chi connectivity index (χ1n) is 7.79. The van der Waals surface area contributed by atoms with Gasteiger partial charge in [0.25, 0.3) is 0 Å². The molecule has 3 heteroatoms. The summed E-state index contributed by atoms with van der Waals surface area (Å²) in [5, 5.41) is 12.9. The SMILES string of the molecule is CCC(C)(C)N(C)c1ccc(CNCC(C)C)cc1C#N. The van der Waals surface area contributed by atoms with Crippen LogP contribution < -0.4 is 10.2 Å². The van der Waals surface area contributed by atoms with Gasteiger partial charge in [0, 0.05) is 19.1 Å². The Kier molecular flexibility index (Phi) is 6.23. The van der Waals surface area contributed by atoms with E-state index in [9.17, 15) is 5.26 Å². The highest BCUT2D eigenvalue weighted by atomic mass is 15.2. The predicted molar refractivity (Wildman–Crippen MR) is 90.5 cm³/mol. The summed E-state index contributed by atoms with van der Waals surface area (Å²) >= 11 is 0. The van der Waals surface area contributed by atoms with Gasteiger partial charge in [-0.2, -0.15) is 5.26 Å². The van der Waals surface area contributed by atoms with Crippen LogP contribution >= 0.6 is 0 Å². The Morgan fingerprint density at radius 2 is 2.00 bits per heavy atom. The van der Waals surface area contributed by atoms with Crippen LogP contribution in [-0.2, 0) is 6.54 Å². The molecule has 3 nitrogen and oxygen atoms in total. The Morgan fingerprint density at radius 1 is 1.33 bits per heavy atom. The Labute approximate surface area is 130 Å². The van der Waals surface area contributed by atoms with E-state index in [2.05, 4.69) is 70.1 Å². The summed E-state index contributed by atoms with van der Waals surface area (Å²) in [5.41, 5.74) is 2.97. The van der Waals surface area contributed by atoms with Gasteiger partial charge < -0.3 is 10.2 Å². The summed E-state index contributed by atoms with van der Waals surface area (Å²) in [5.74, 6) is 0.635. The minimum absolute atomic E-state index is 0.0447. The smallest absolute Gasteiger partial charge is 0.101 e. The van der Waals surface area contributed by atoms with Crippen LogP contribution in [0, 0.1) is 17.2 Å². The second-order valence-electron chi connectivity index (χ2n) is 6.71. The molecule has 0 spiro atoms. The summed E-state index contributed by atoms with van der Waals surface area (Å²) in [6.45, 7) is 12.8. The van der Waals surface area contributed by atoms with Gasteiger partial charge in [0.2, 0.25) is 0 Å². The molecule has 0 fully saturated rings. The lowest BCUT2D eigenvalue weighted by Gasteiger charge is -2.37. The van der Waals surface area contributed by atoms with Gasteiger partial charge in [-0.25, -0.2) is 0 Å². The Bertz CT molecular complexity index is 498. The molecule has 21 heavy (non-hydrogen) atoms. The largest absolute Gasteiger partial charge is 0.368 e. The first-order valence-corrected chi connectivity index (χ1v) is 7.79. The molecule has 0 aliphatic heterocycles. The molecule has 0 saturated carbocycles. The monoisotopic (exact) mass is 287 g/mol. The van der Waals surface area contributed by atoms with E-state index in [1.807, 2.05) is 6.07 Å². The lowest BCUT2D eigenvalue weighted by Crippen LogP contribution is -2.41. The van der Waals surface area contributed by atoms with Crippen molar-refractivity contribution < 1.29 is 0 Å². The van der Waals surface area contributed by atoms with E-state index < -0.39 is 0 Å². The van der Waals surface area contributed by atoms with Crippen molar-refractivity contribution in [3.05, 3.63) is 29.3 Å². The van der Waals surface area contributed by atoms with Gasteiger partial charge in [-0.3, -0.25) is 0 Å². The third-order valence-corrected chi connectivity index (χ3v) is 4.20. The summed E-state index contributed by atoms with van der Waals surface area (Å²) in [6.07, 6.45) is 1.03. The van der Waals surface area contributed by atoms with Crippen LogP contribution in [0.25, 0.3) is 0 Å². The van der Waals surface area contributed by atoms with Crippen molar-refractivity contribution in [1.29, 1.82) is 5.26 Å². The van der Waals surface area contributed by atoms with Crippen molar-refractivity contribution in [1.82, 2.24) is 5.32 Å². The highest BCUT2D eigenvalue weighted by molar-refractivity contribution is 5.61. The fourth-order valence-electron chi connectivity index (χ4n) is 2.14. The van der Waals surface area contributed by atoms with E-state index in [1.165, 1.54) is 5.56 Å². The topological polar surface area (TPSA) is 39.1 Å². The summed E-state index contributed by atoms with van der Waals surface area (Å²) in [6, 6.07) is 8.54. The molecule has 116 valence electrons. The van der Waals surface area contributed by atoms with Gasteiger partial charge in [0.1, 0.15) is 6.07 Å². The first-order chi connectivity index (χ1) is 9.81. The molecule has 0 radical (unpaired) electrons. The summed E-state index contributed by atoms with van der Waals surface area (Å²) in [7, 11) is 2.07. The second kappa shape index (κ2) is 7.47. The highest BCUT2D eigenvalue weighted by Crippen LogP contribution is 2.28. The van der Waals surface area contributed by atoms with Crippen molar-refractivity contribution in [2.45, 2.75) is 53.1 Å². The lowest BCUT2D eigenvalue weighted by atomic mass is 9.97. The zero-order valence-electron chi connectivity index (χ0n) is 14.3. The van der Waals surface area contributed by atoms with Crippen LogP contribution in [0.2, 0.25) is 0 Å². The van der Waals surface area contributed by atoms with Crippen LogP contribution in [0.3, 0.4) is 0 Å². The molecule has 0 unspecified atom stereocenters. The van der Waals surface area contributed by atoms with E-state index >= 15 is 0 Å². The second-order valence-corrected chi connectivity index (χ2v) is 6.71. The Balaban J connectivity index is 2.92. The van der Waals surface area contributed by atoms with Gasteiger partial charge in [0.05, 0.1) is 11.3 Å². The highest BCUT2D eigenvalue weighted by Gasteiger charge is 2.23. The van der Waals surface area contributed by atoms with Crippen LogP contribution in [0.15, 0.2) is 18.2 Å². The first kappa shape index (κ1) is 17.5. The van der Waals surface area contributed by atoms with Crippen LogP contribution in [0.1, 0.15) is 52.2 Å². The van der Waals surface area contributed by atoms with E-state index in [1.54, 1.807) is 0 Å². The molecule has 0 aliphatic rings. The van der Waals surface area contributed by atoms with E-state index in [4.69, 9.17) is 0 Å². The minimum atomic E-state index is 0.0447. The van der Waals surface area contributed by atoms with Crippen molar-refractivity contribution >= 4 is 5.69 Å². The Morgan fingerprint density at radius 3 is 2.52 bits per heavy atom. The fourth-order valence-corrected chi connectivity index (χ4v) is 2.14. The molecule has 1 aromatic carbocycles. The molecule has 0 aromatic heterocycles.